The molecule has 58 heavy (non-hydrogen) atoms. The largest absolute Gasteiger partial charge is 0.756 e. The van der Waals surface area contributed by atoms with Crippen molar-refractivity contribution in [2.75, 3.05) is 40.9 Å². The minimum Gasteiger partial charge on any atom is -0.756 e. The third kappa shape index (κ3) is 43.3. The summed E-state index contributed by atoms with van der Waals surface area (Å²) in [6, 6.07) is -0.879. The highest BCUT2D eigenvalue weighted by Crippen LogP contribution is 2.38. The quantitative estimate of drug-likeness (QED) is 0.0273. The zero-order valence-electron chi connectivity index (χ0n) is 39.3. The van der Waals surface area contributed by atoms with Gasteiger partial charge in [-0.05, 0) is 19.3 Å². The highest BCUT2D eigenvalue weighted by molar-refractivity contribution is 7.45. The van der Waals surface area contributed by atoms with E-state index in [0.717, 1.165) is 38.5 Å². The van der Waals surface area contributed by atoms with E-state index in [4.69, 9.17) is 9.05 Å². The fraction of sp³-hybridized carbons (Fsp3) is 0.939. The van der Waals surface area contributed by atoms with E-state index in [-0.39, 0.29) is 19.1 Å². The molecule has 8 nitrogen and oxygen atoms in total. The standard InChI is InChI=1S/C49H99N2O6P/c1-6-8-10-12-14-16-17-18-19-20-21-22-23-24-25-26-27-28-29-30-31-32-33-34-35-36-38-40-42-48(52)47(46-57-58(54,55)56-45-44-51(3,4)5)50-49(53)43-41-39-37-15-13-11-9-7-2/h40,42,47-48,52H,6-39,41,43-46H2,1-5H3,(H-,50,53,54,55)/b42-40+. The summed E-state index contributed by atoms with van der Waals surface area (Å²) in [6.07, 6.45) is 48.7. The number of rotatable bonds is 46. The van der Waals surface area contributed by atoms with Gasteiger partial charge in [0, 0.05) is 6.42 Å². The molecule has 0 fully saturated rings. The van der Waals surface area contributed by atoms with Gasteiger partial charge < -0.3 is 28.8 Å². The van der Waals surface area contributed by atoms with Crippen molar-refractivity contribution >= 4 is 13.7 Å². The maximum atomic E-state index is 12.8. The fourth-order valence-corrected chi connectivity index (χ4v) is 8.23. The lowest BCUT2D eigenvalue weighted by atomic mass is 10.0. The van der Waals surface area contributed by atoms with Gasteiger partial charge >= 0.3 is 0 Å². The third-order valence-corrected chi connectivity index (χ3v) is 12.5. The lowest BCUT2D eigenvalue weighted by Gasteiger charge is -2.29. The number of nitrogens with one attached hydrogen (secondary N) is 1. The Morgan fingerprint density at radius 1 is 0.586 bits per heavy atom. The van der Waals surface area contributed by atoms with Gasteiger partial charge in [-0.15, -0.1) is 0 Å². The highest BCUT2D eigenvalue weighted by Gasteiger charge is 2.23. The van der Waals surface area contributed by atoms with Crippen LogP contribution in [0.4, 0.5) is 0 Å². The average Bonchev–Trinajstić information content (AvgIpc) is 3.17. The predicted molar refractivity (Wildman–Crippen MR) is 247 cm³/mol. The number of phosphoric acid groups is 1. The fourth-order valence-electron chi connectivity index (χ4n) is 7.51. The van der Waals surface area contributed by atoms with E-state index in [0.29, 0.717) is 17.4 Å². The Kier molecular flexibility index (Phi) is 41.0. The topological polar surface area (TPSA) is 108 Å². The molecule has 0 saturated carbocycles. The Labute approximate surface area is 361 Å². The van der Waals surface area contributed by atoms with Crippen LogP contribution in [0.25, 0.3) is 0 Å². The molecule has 346 valence electrons. The molecule has 9 heteroatoms. The molecule has 0 aliphatic carbocycles. The van der Waals surface area contributed by atoms with E-state index in [9.17, 15) is 19.4 Å². The maximum Gasteiger partial charge on any atom is 0.268 e. The second-order valence-electron chi connectivity index (χ2n) is 18.5. The van der Waals surface area contributed by atoms with E-state index in [1.165, 1.54) is 186 Å². The summed E-state index contributed by atoms with van der Waals surface area (Å²) in [5.74, 6) is -0.200. The number of quaternary nitrogens is 1. The second kappa shape index (κ2) is 41.6. The number of aliphatic hydroxyl groups is 1. The second-order valence-corrected chi connectivity index (χ2v) is 19.9. The van der Waals surface area contributed by atoms with E-state index < -0.39 is 20.0 Å². The molecule has 0 bridgehead atoms. The number of likely N-dealkylation sites (N-methyl/N-ethyl adjacent to an activating group) is 1. The van der Waals surface area contributed by atoms with Crippen molar-refractivity contribution < 1.29 is 32.9 Å². The van der Waals surface area contributed by atoms with Crippen LogP contribution in [-0.2, 0) is 18.4 Å². The van der Waals surface area contributed by atoms with E-state index in [1.54, 1.807) is 6.08 Å². The summed E-state index contributed by atoms with van der Waals surface area (Å²) < 4.78 is 23.2. The molecular formula is C49H99N2O6P. The van der Waals surface area contributed by atoms with Crippen molar-refractivity contribution in [1.82, 2.24) is 5.32 Å². The first-order chi connectivity index (χ1) is 28.0. The van der Waals surface area contributed by atoms with Gasteiger partial charge in [0.25, 0.3) is 7.82 Å². The number of allylic oxidation sites excluding steroid dienone is 1. The van der Waals surface area contributed by atoms with Gasteiger partial charge in [-0.1, -0.05) is 231 Å². The molecule has 0 spiro atoms. The number of carbonyl (C=O) groups excluding carboxylic acids is 1. The van der Waals surface area contributed by atoms with E-state index in [2.05, 4.69) is 19.2 Å². The molecule has 0 aromatic rings. The van der Waals surface area contributed by atoms with Gasteiger partial charge in [0.15, 0.2) is 0 Å². The van der Waals surface area contributed by atoms with Gasteiger partial charge in [-0.2, -0.15) is 0 Å². The minimum atomic E-state index is -4.58. The summed E-state index contributed by atoms with van der Waals surface area (Å²) in [5.41, 5.74) is 0. The monoisotopic (exact) mass is 843 g/mol. The Hall–Kier alpha value is -0.760. The van der Waals surface area contributed by atoms with Crippen molar-refractivity contribution in [3.05, 3.63) is 12.2 Å². The lowest BCUT2D eigenvalue weighted by Crippen LogP contribution is -2.45. The van der Waals surface area contributed by atoms with Crippen molar-refractivity contribution in [2.24, 2.45) is 0 Å². The molecule has 0 heterocycles. The van der Waals surface area contributed by atoms with Crippen molar-refractivity contribution in [1.29, 1.82) is 0 Å². The number of nitrogens with zero attached hydrogens (tertiary/aromatic N) is 1. The van der Waals surface area contributed by atoms with Crippen molar-refractivity contribution in [3.8, 4) is 0 Å². The van der Waals surface area contributed by atoms with Gasteiger partial charge in [0.05, 0.1) is 39.9 Å². The van der Waals surface area contributed by atoms with E-state index >= 15 is 0 Å². The van der Waals surface area contributed by atoms with E-state index in [1.807, 2.05) is 27.2 Å². The van der Waals surface area contributed by atoms with Crippen LogP contribution in [0.5, 0.6) is 0 Å². The first-order valence-electron chi connectivity index (χ1n) is 25.1. The number of hydrogen-bond donors (Lipinski definition) is 2. The smallest absolute Gasteiger partial charge is 0.268 e. The van der Waals surface area contributed by atoms with Crippen LogP contribution in [-0.4, -0.2) is 68.5 Å². The zero-order valence-corrected chi connectivity index (χ0v) is 40.2. The molecule has 3 unspecified atom stereocenters. The van der Waals surface area contributed by atoms with Crippen molar-refractivity contribution in [2.45, 2.75) is 257 Å². The summed E-state index contributed by atoms with van der Waals surface area (Å²) in [4.78, 5) is 25.2. The molecule has 0 aromatic carbocycles. The van der Waals surface area contributed by atoms with Crippen LogP contribution in [0, 0.1) is 0 Å². The highest BCUT2D eigenvalue weighted by atomic mass is 31.2. The number of carbonyl (C=O) groups is 1. The molecule has 0 rings (SSSR count). The van der Waals surface area contributed by atoms with Gasteiger partial charge in [-0.3, -0.25) is 9.36 Å². The number of amides is 1. The number of unbranched alkanes of at least 4 members (excludes halogenated alkanes) is 33. The van der Waals surface area contributed by atoms with Crippen LogP contribution in [0.3, 0.4) is 0 Å². The Morgan fingerprint density at radius 3 is 1.29 bits per heavy atom. The number of hydrogen-bond acceptors (Lipinski definition) is 6. The van der Waals surface area contributed by atoms with Crippen LogP contribution in [0.1, 0.15) is 245 Å². The van der Waals surface area contributed by atoms with Gasteiger partial charge in [0.2, 0.25) is 5.91 Å². The van der Waals surface area contributed by atoms with Gasteiger partial charge in [-0.25, -0.2) is 0 Å². The number of aliphatic hydroxyl groups excluding tert-OH is 1. The predicted octanol–water partition coefficient (Wildman–Crippen LogP) is 13.7. The van der Waals surface area contributed by atoms with Crippen LogP contribution in [0.15, 0.2) is 12.2 Å². The Morgan fingerprint density at radius 2 is 0.931 bits per heavy atom. The Bertz CT molecular complexity index is 958. The van der Waals surface area contributed by atoms with Crippen LogP contribution >= 0.6 is 7.82 Å². The SMILES string of the molecule is CCCCCCCCCCCCCCCCCCCCCCCCCCCC/C=C/C(O)C(COP(=O)([O-])OCC[N+](C)(C)C)NC(=O)CCCCCCCCCC. The molecule has 0 aliphatic rings. The number of phosphoric ester groups is 1. The molecular weight excluding hydrogens is 744 g/mol. The van der Waals surface area contributed by atoms with Crippen molar-refractivity contribution in [3.63, 3.8) is 0 Å². The average molecular weight is 843 g/mol. The first-order valence-corrected chi connectivity index (χ1v) is 26.5. The molecule has 0 saturated heterocycles. The van der Waals surface area contributed by atoms with Crippen LogP contribution < -0.4 is 10.2 Å². The zero-order chi connectivity index (χ0) is 42.8. The molecule has 1 amide bonds. The first kappa shape index (κ1) is 57.2. The molecule has 0 aromatic heterocycles. The minimum absolute atomic E-state index is 0.00182. The third-order valence-electron chi connectivity index (χ3n) is 11.5. The Balaban J connectivity index is 4.04. The summed E-state index contributed by atoms with van der Waals surface area (Å²) in [5, 5.41) is 13.8. The summed E-state index contributed by atoms with van der Waals surface area (Å²) in [6.45, 7) is 4.63. The summed E-state index contributed by atoms with van der Waals surface area (Å²) >= 11 is 0. The lowest BCUT2D eigenvalue weighted by molar-refractivity contribution is -0.870. The molecule has 2 N–H and O–H groups in total. The van der Waals surface area contributed by atoms with Crippen LogP contribution in [0.2, 0.25) is 0 Å². The molecule has 0 aliphatic heterocycles. The maximum absolute atomic E-state index is 12.8. The normalized spacial score (nSPS) is 14.3. The van der Waals surface area contributed by atoms with Gasteiger partial charge in [0.1, 0.15) is 13.2 Å². The summed E-state index contributed by atoms with van der Waals surface area (Å²) in [7, 11) is 1.27. The molecule has 3 atom stereocenters. The molecule has 0 radical (unpaired) electrons.